The Hall–Kier alpha value is -2.82. The van der Waals surface area contributed by atoms with Crippen molar-refractivity contribution in [3.63, 3.8) is 0 Å². The van der Waals surface area contributed by atoms with E-state index in [0.29, 0.717) is 25.6 Å². The van der Waals surface area contributed by atoms with Gasteiger partial charge in [-0.25, -0.2) is 0 Å². The summed E-state index contributed by atoms with van der Waals surface area (Å²) in [7, 11) is 0. The van der Waals surface area contributed by atoms with E-state index in [1.807, 2.05) is 53.4 Å². The van der Waals surface area contributed by atoms with Crippen LogP contribution in [-0.4, -0.2) is 41.4 Å². The van der Waals surface area contributed by atoms with Crippen molar-refractivity contribution in [3.05, 3.63) is 65.7 Å². The first-order chi connectivity index (χ1) is 14.6. The number of carbonyl (C=O) groups excluding carboxylic acids is 2. The summed E-state index contributed by atoms with van der Waals surface area (Å²) in [4.78, 5) is 27.3. The normalized spacial score (nSPS) is 22.1. The van der Waals surface area contributed by atoms with Crippen molar-refractivity contribution in [2.24, 2.45) is 0 Å². The highest BCUT2D eigenvalue weighted by molar-refractivity contribution is 5.94. The zero-order chi connectivity index (χ0) is 20.6. The van der Waals surface area contributed by atoms with Gasteiger partial charge in [-0.05, 0) is 43.0 Å². The molecule has 5 nitrogen and oxygen atoms in total. The molecular weight excluding hydrogens is 376 g/mol. The summed E-state index contributed by atoms with van der Waals surface area (Å²) in [6.45, 7) is 1.35. The zero-order valence-electron chi connectivity index (χ0n) is 17.2. The van der Waals surface area contributed by atoms with Crippen molar-refractivity contribution < 1.29 is 14.3 Å². The molecule has 0 unspecified atom stereocenters. The third-order valence-corrected chi connectivity index (χ3v) is 6.66. The van der Waals surface area contributed by atoms with E-state index < -0.39 is 0 Å². The number of nitrogens with one attached hydrogen (secondary N) is 1. The van der Waals surface area contributed by atoms with Gasteiger partial charge in [0.1, 0.15) is 11.4 Å². The molecule has 1 saturated heterocycles. The van der Waals surface area contributed by atoms with E-state index >= 15 is 0 Å². The fourth-order valence-electron chi connectivity index (χ4n) is 4.85. The van der Waals surface area contributed by atoms with Gasteiger partial charge in [0, 0.05) is 49.9 Å². The van der Waals surface area contributed by atoms with Crippen LogP contribution in [0.15, 0.2) is 54.6 Å². The van der Waals surface area contributed by atoms with Crippen molar-refractivity contribution in [3.8, 4) is 5.75 Å². The number of carbonyl (C=O) groups is 2. The molecule has 2 aliphatic heterocycles. The molecule has 3 aliphatic rings. The van der Waals surface area contributed by atoms with Crippen LogP contribution in [0.4, 0.5) is 0 Å². The summed E-state index contributed by atoms with van der Waals surface area (Å²) in [5.41, 5.74) is 1.57. The smallest absolute Gasteiger partial charge is 0.253 e. The predicted molar refractivity (Wildman–Crippen MR) is 115 cm³/mol. The Morgan fingerprint density at radius 2 is 1.70 bits per heavy atom. The predicted octanol–water partition coefficient (Wildman–Crippen LogP) is 3.90. The van der Waals surface area contributed by atoms with E-state index in [1.54, 1.807) is 0 Å². The van der Waals surface area contributed by atoms with Gasteiger partial charge >= 0.3 is 0 Å². The molecule has 1 N–H and O–H groups in total. The molecule has 30 heavy (non-hydrogen) atoms. The van der Waals surface area contributed by atoms with E-state index in [4.69, 9.17) is 4.74 Å². The average molecular weight is 405 g/mol. The first-order valence-electron chi connectivity index (χ1n) is 11.0. The fourth-order valence-corrected chi connectivity index (χ4v) is 4.85. The molecule has 1 aliphatic carbocycles. The summed E-state index contributed by atoms with van der Waals surface area (Å²) in [6, 6.07) is 18.0. The van der Waals surface area contributed by atoms with Crippen LogP contribution in [0, 0.1) is 0 Å². The van der Waals surface area contributed by atoms with Gasteiger partial charge in [-0.3, -0.25) is 9.59 Å². The Morgan fingerprint density at radius 3 is 2.43 bits per heavy atom. The van der Waals surface area contributed by atoms with Crippen molar-refractivity contribution in [2.75, 3.05) is 13.1 Å². The van der Waals surface area contributed by atoms with Crippen molar-refractivity contribution in [1.29, 1.82) is 0 Å². The summed E-state index contributed by atoms with van der Waals surface area (Å²) in [5, 5.41) is 3.13. The SMILES string of the molecule is O=C(C[C@H]1CC2(CCN(C(=O)c3ccccc3)CC2)Oc2ccccc21)NC1CC1. The minimum absolute atomic E-state index is 0.0852. The van der Waals surface area contributed by atoms with Gasteiger partial charge in [0.2, 0.25) is 5.91 Å². The van der Waals surface area contributed by atoms with Crippen LogP contribution >= 0.6 is 0 Å². The van der Waals surface area contributed by atoms with E-state index in [-0.39, 0.29) is 23.3 Å². The van der Waals surface area contributed by atoms with Crippen molar-refractivity contribution in [2.45, 2.75) is 56.1 Å². The molecule has 0 radical (unpaired) electrons. The maximum absolute atomic E-state index is 12.8. The van der Waals surface area contributed by atoms with E-state index in [2.05, 4.69) is 11.4 Å². The molecular formula is C25H28N2O3. The topological polar surface area (TPSA) is 58.6 Å². The molecule has 0 bridgehead atoms. The number of likely N-dealkylation sites (tertiary alicyclic amines) is 1. The first-order valence-corrected chi connectivity index (χ1v) is 11.0. The lowest BCUT2D eigenvalue weighted by Gasteiger charge is -2.47. The van der Waals surface area contributed by atoms with Crippen molar-refractivity contribution >= 4 is 11.8 Å². The Labute approximate surface area is 177 Å². The lowest BCUT2D eigenvalue weighted by molar-refractivity contribution is -0.122. The standard InChI is InChI=1S/C25H28N2O3/c28-23(26-20-10-11-20)16-19-17-25(30-22-9-5-4-8-21(19)22)12-14-27(15-13-25)24(29)18-6-2-1-3-7-18/h1-9,19-20H,10-17H2,(H,26,28)/t19-/m0/s1. The van der Waals surface area contributed by atoms with Crippen LogP contribution in [0.1, 0.15) is 60.4 Å². The molecule has 2 aromatic carbocycles. The van der Waals surface area contributed by atoms with Gasteiger partial charge in [0.25, 0.3) is 5.91 Å². The van der Waals surface area contributed by atoms with Crippen LogP contribution in [0.3, 0.4) is 0 Å². The molecule has 1 saturated carbocycles. The third-order valence-electron chi connectivity index (χ3n) is 6.66. The molecule has 1 atom stereocenters. The van der Waals surface area contributed by atoms with E-state index in [9.17, 15) is 9.59 Å². The molecule has 1 spiro atoms. The van der Waals surface area contributed by atoms with E-state index in [0.717, 1.165) is 49.0 Å². The molecule has 2 heterocycles. The molecule has 2 amide bonds. The van der Waals surface area contributed by atoms with Crippen LogP contribution < -0.4 is 10.1 Å². The number of amides is 2. The summed E-state index contributed by atoms with van der Waals surface area (Å²) in [5.74, 6) is 1.29. The molecule has 2 fully saturated rings. The van der Waals surface area contributed by atoms with Gasteiger partial charge in [-0.1, -0.05) is 36.4 Å². The Morgan fingerprint density at radius 1 is 1.00 bits per heavy atom. The first kappa shape index (κ1) is 19.2. The van der Waals surface area contributed by atoms with Gasteiger partial charge in [-0.15, -0.1) is 0 Å². The second-order valence-corrected chi connectivity index (χ2v) is 8.93. The highest BCUT2D eigenvalue weighted by Gasteiger charge is 2.44. The maximum atomic E-state index is 12.8. The average Bonchev–Trinajstić information content (AvgIpc) is 3.58. The largest absolute Gasteiger partial charge is 0.487 e. The number of nitrogens with zero attached hydrogens (tertiary/aromatic N) is 1. The minimum Gasteiger partial charge on any atom is -0.487 e. The fraction of sp³-hybridized carbons (Fsp3) is 0.440. The summed E-state index contributed by atoms with van der Waals surface area (Å²) < 4.78 is 6.53. The van der Waals surface area contributed by atoms with Gasteiger partial charge in [0.15, 0.2) is 0 Å². The Bertz CT molecular complexity index is 930. The molecule has 2 aromatic rings. The van der Waals surface area contributed by atoms with Crippen LogP contribution in [-0.2, 0) is 4.79 Å². The van der Waals surface area contributed by atoms with Crippen LogP contribution in [0.2, 0.25) is 0 Å². The minimum atomic E-state index is -0.299. The zero-order valence-corrected chi connectivity index (χ0v) is 17.2. The molecule has 156 valence electrons. The van der Waals surface area contributed by atoms with Gasteiger partial charge < -0.3 is 15.0 Å². The number of hydrogen-bond acceptors (Lipinski definition) is 3. The molecule has 5 rings (SSSR count). The van der Waals surface area contributed by atoms with Crippen LogP contribution in [0.5, 0.6) is 5.75 Å². The Balaban J connectivity index is 1.30. The second kappa shape index (κ2) is 7.78. The summed E-state index contributed by atoms with van der Waals surface area (Å²) in [6.07, 6.45) is 5.12. The van der Waals surface area contributed by atoms with Crippen molar-refractivity contribution in [1.82, 2.24) is 10.2 Å². The highest BCUT2D eigenvalue weighted by Crippen LogP contribution is 2.46. The molecule has 5 heteroatoms. The van der Waals surface area contributed by atoms with Gasteiger partial charge in [-0.2, -0.15) is 0 Å². The number of benzene rings is 2. The number of rotatable bonds is 4. The van der Waals surface area contributed by atoms with Gasteiger partial charge in [0.05, 0.1) is 0 Å². The lowest BCUT2D eigenvalue weighted by atomic mass is 9.76. The monoisotopic (exact) mass is 404 g/mol. The summed E-state index contributed by atoms with van der Waals surface area (Å²) >= 11 is 0. The highest BCUT2D eigenvalue weighted by atomic mass is 16.5. The quantitative estimate of drug-likeness (QED) is 0.841. The van der Waals surface area contributed by atoms with Crippen LogP contribution in [0.25, 0.3) is 0 Å². The Kier molecular flexibility index (Phi) is 4.97. The maximum Gasteiger partial charge on any atom is 0.253 e. The number of ether oxygens (including phenoxy) is 1. The van der Waals surface area contributed by atoms with E-state index in [1.165, 1.54) is 0 Å². The third kappa shape index (κ3) is 3.93. The number of piperidine rings is 1. The second-order valence-electron chi connectivity index (χ2n) is 8.93. The number of fused-ring (bicyclic) bond motifs is 1. The molecule has 0 aromatic heterocycles. The lowest BCUT2D eigenvalue weighted by Crippen LogP contribution is -2.52. The number of hydrogen-bond donors (Lipinski definition) is 1. The number of para-hydroxylation sites is 1.